The van der Waals surface area contributed by atoms with Crippen molar-refractivity contribution in [2.45, 2.75) is 26.8 Å². The molecule has 0 fully saturated rings. The van der Waals surface area contributed by atoms with E-state index in [4.69, 9.17) is 10.3 Å². The van der Waals surface area contributed by atoms with Crippen LogP contribution in [-0.2, 0) is 6.54 Å². The number of nitrogen functional groups attached to an aromatic ring is 1. The van der Waals surface area contributed by atoms with Crippen LogP contribution >= 0.6 is 0 Å². The Balaban J connectivity index is 1.66. The van der Waals surface area contributed by atoms with Crippen molar-refractivity contribution < 1.29 is 9.32 Å². The smallest absolute Gasteiger partial charge is 0.256 e. The molecule has 148 valence electrons. The van der Waals surface area contributed by atoms with E-state index in [0.29, 0.717) is 22.8 Å². The number of carbonyl (C=O) groups excluding carboxylic acids is 1. The largest absolute Gasteiger partial charge is 0.368 e. The third-order valence-corrected chi connectivity index (χ3v) is 4.38. The summed E-state index contributed by atoms with van der Waals surface area (Å²) in [6.07, 6.45) is 4.02. The quantitative estimate of drug-likeness (QED) is 0.455. The van der Waals surface area contributed by atoms with Gasteiger partial charge in [0, 0.05) is 23.9 Å². The molecule has 0 bridgehead atoms. The summed E-state index contributed by atoms with van der Waals surface area (Å²) >= 11 is 0. The summed E-state index contributed by atoms with van der Waals surface area (Å²) in [5.41, 5.74) is 8.70. The van der Waals surface area contributed by atoms with E-state index >= 15 is 0 Å². The molecule has 0 aliphatic heterocycles. The molecule has 29 heavy (non-hydrogen) atoms. The first-order valence-corrected chi connectivity index (χ1v) is 9.13. The number of aryl methyl sites for hydroxylation is 2. The number of hydrogen-bond acceptors (Lipinski definition) is 8. The lowest BCUT2D eigenvalue weighted by Gasteiger charge is -2.12. The van der Waals surface area contributed by atoms with Gasteiger partial charge >= 0.3 is 0 Å². The lowest BCUT2D eigenvalue weighted by Crippen LogP contribution is -2.12. The summed E-state index contributed by atoms with van der Waals surface area (Å²) in [7, 11) is 0. The average molecular weight is 392 g/mol. The molecule has 0 unspecified atom stereocenters. The molecule has 0 aliphatic carbocycles. The summed E-state index contributed by atoms with van der Waals surface area (Å²) in [6.45, 7) is 4.73. The fraction of sp³-hybridized carbons (Fsp3) is 0.211. The van der Waals surface area contributed by atoms with Crippen LogP contribution in [0.25, 0.3) is 11.0 Å². The molecule has 0 spiro atoms. The molecule has 10 heteroatoms. The van der Waals surface area contributed by atoms with Crippen molar-refractivity contribution in [3.8, 4) is 0 Å². The Morgan fingerprint density at radius 1 is 1.28 bits per heavy atom. The van der Waals surface area contributed by atoms with E-state index < -0.39 is 0 Å². The monoisotopic (exact) mass is 392 g/mol. The maximum Gasteiger partial charge on any atom is 0.256 e. The summed E-state index contributed by atoms with van der Waals surface area (Å²) in [5, 5.41) is 14.8. The molecule has 0 aliphatic rings. The minimum absolute atomic E-state index is 0.149. The maximum absolute atomic E-state index is 12.5. The second-order valence-corrected chi connectivity index (χ2v) is 6.53. The number of amides is 1. The highest BCUT2D eigenvalue weighted by Gasteiger charge is 2.14. The normalized spacial score (nSPS) is 11.0. The van der Waals surface area contributed by atoms with E-state index in [9.17, 15) is 4.79 Å². The van der Waals surface area contributed by atoms with E-state index in [-0.39, 0.29) is 11.9 Å². The van der Waals surface area contributed by atoms with E-state index in [1.807, 2.05) is 13.0 Å². The number of hydrogen-bond donors (Lipinski definition) is 3. The first-order valence-electron chi connectivity index (χ1n) is 9.13. The lowest BCUT2D eigenvalue weighted by molar-refractivity contribution is 0.102. The van der Waals surface area contributed by atoms with Crippen molar-refractivity contribution in [3.05, 3.63) is 47.9 Å². The zero-order valence-corrected chi connectivity index (χ0v) is 16.0. The molecule has 1 aromatic carbocycles. The van der Waals surface area contributed by atoms with E-state index in [2.05, 4.69) is 37.8 Å². The van der Waals surface area contributed by atoms with Crippen LogP contribution in [0.2, 0.25) is 0 Å². The number of benzene rings is 1. The third kappa shape index (κ3) is 3.72. The Bertz CT molecular complexity index is 1170. The van der Waals surface area contributed by atoms with Gasteiger partial charge in [-0.3, -0.25) is 4.79 Å². The van der Waals surface area contributed by atoms with Crippen LogP contribution in [0.3, 0.4) is 0 Å². The van der Waals surface area contributed by atoms with Crippen LogP contribution in [-0.4, -0.2) is 30.8 Å². The average Bonchev–Trinajstić information content (AvgIpc) is 3.34. The van der Waals surface area contributed by atoms with Gasteiger partial charge in [-0.1, -0.05) is 18.1 Å². The first kappa shape index (κ1) is 18.4. The van der Waals surface area contributed by atoms with Crippen LogP contribution in [0, 0.1) is 6.92 Å². The number of nitrogens with zero attached hydrogens (tertiary/aromatic N) is 5. The van der Waals surface area contributed by atoms with Gasteiger partial charge in [0.2, 0.25) is 5.95 Å². The maximum atomic E-state index is 12.5. The minimum atomic E-state index is -0.301. The predicted octanol–water partition coefficient (Wildman–Crippen LogP) is 3.11. The molecule has 4 rings (SSSR count). The Morgan fingerprint density at radius 3 is 2.90 bits per heavy atom. The van der Waals surface area contributed by atoms with E-state index in [1.165, 1.54) is 6.26 Å². The topological polar surface area (TPSA) is 137 Å². The van der Waals surface area contributed by atoms with Crippen LogP contribution in [0.1, 0.15) is 29.3 Å². The highest BCUT2D eigenvalue weighted by Crippen LogP contribution is 2.27. The number of anilines is 4. The number of nitrogens with two attached hydrogens (primary N) is 1. The Morgan fingerprint density at radius 2 is 2.14 bits per heavy atom. The highest BCUT2D eigenvalue weighted by atomic mass is 16.5. The van der Waals surface area contributed by atoms with Crippen molar-refractivity contribution in [3.63, 3.8) is 0 Å². The molecule has 3 heterocycles. The Kier molecular flexibility index (Phi) is 4.82. The zero-order chi connectivity index (χ0) is 20.4. The third-order valence-electron chi connectivity index (χ3n) is 4.38. The van der Waals surface area contributed by atoms with Crippen molar-refractivity contribution in [1.82, 2.24) is 24.9 Å². The minimum Gasteiger partial charge on any atom is -0.368 e. The van der Waals surface area contributed by atoms with Crippen molar-refractivity contribution in [2.24, 2.45) is 0 Å². The molecular weight excluding hydrogens is 372 g/mol. The van der Waals surface area contributed by atoms with Gasteiger partial charge in [-0.2, -0.15) is 15.1 Å². The Hall–Kier alpha value is -3.95. The van der Waals surface area contributed by atoms with Crippen molar-refractivity contribution in [1.29, 1.82) is 0 Å². The number of fused-ring (bicyclic) bond motifs is 1. The molecule has 1 amide bonds. The van der Waals surface area contributed by atoms with Gasteiger partial charge in [-0.05, 0) is 31.0 Å². The Labute approximate surface area is 166 Å². The van der Waals surface area contributed by atoms with Gasteiger partial charge in [0.05, 0.1) is 11.6 Å². The number of nitrogens with one attached hydrogen (secondary N) is 2. The molecule has 4 N–H and O–H groups in total. The van der Waals surface area contributed by atoms with Crippen LogP contribution in [0.15, 0.2) is 41.2 Å². The van der Waals surface area contributed by atoms with Gasteiger partial charge in [-0.25, -0.2) is 4.68 Å². The number of carbonyl (C=O) groups is 1. The van der Waals surface area contributed by atoms with Gasteiger partial charge in [0.25, 0.3) is 5.91 Å². The first-order chi connectivity index (χ1) is 14.0. The van der Waals surface area contributed by atoms with Gasteiger partial charge in [-0.15, -0.1) is 0 Å². The summed E-state index contributed by atoms with van der Waals surface area (Å²) in [6, 6.07) is 6.90. The SMILES string of the molecule is CCCn1ncc2c(Nc3cc(C(=O)Nc4ccon4)ccc3C)nc(N)nc21. The molecular formula is C19H20N8O2. The summed E-state index contributed by atoms with van der Waals surface area (Å²) in [4.78, 5) is 21.1. The van der Waals surface area contributed by atoms with Gasteiger partial charge in [0.1, 0.15) is 12.1 Å². The van der Waals surface area contributed by atoms with Gasteiger partial charge in [0.15, 0.2) is 11.5 Å². The molecule has 0 saturated heterocycles. The molecule has 3 aromatic heterocycles. The van der Waals surface area contributed by atoms with Crippen LogP contribution in [0.4, 0.5) is 23.3 Å². The fourth-order valence-electron chi connectivity index (χ4n) is 2.93. The molecule has 0 radical (unpaired) electrons. The predicted molar refractivity (Wildman–Crippen MR) is 109 cm³/mol. The fourth-order valence-corrected chi connectivity index (χ4v) is 2.93. The van der Waals surface area contributed by atoms with E-state index in [1.54, 1.807) is 29.1 Å². The van der Waals surface area contributed by atoms with Crippen molar-refractivity contribution >= 4 is 40.2 Å². The molecule has 0 saturated carbocycles. The van der Waals surface area contributed by atoms with E-state index in [0.717, 1.165) is 29.6 Å². The van der Waals surface area contributed by atoms with Crippen LogP contribution < -0.4 is 16.4 Å². The van der Waals surface area contributed by atoms with Crippen LogP contribution in [0.5, 0.6) is 0 Å². The molecule has 4 aromatic rings. The second-order valence-electron chi connectivity index (χ2n) is 6.53. The molecule has 10 nitrogen and oxygen atoms in total. The summed E-state index contributed by atoms with van der Waals surface area (Å²) in [5.74, 6) is 0.728. The van der Waals surface area contributed by atoms with Gasteiger partial charge < -0.3 is 20.9 Å². The van der Waals surface area contributed by atoms with Crippen molar-refractivity contribution in [2.75, 3.05) is 16.4 Å². The number of rotatable bonds is 6. The molecule has 0 atom stereocenters. The summed E-state index contributed by atoms with van der Waals surface area (Å²) < 4.78 is 6.53. The second kappa shape index (κ2) is 7.58. The highest BCUT2D eigenvalue weighted by molar-refractivity contribution is 6.04. The zero-order valence-electron chi connectivity index (χ0n) is 16.0. The lowest BCUT2D eigenvalue weighted by atomic mass is 10.1. The number of aromatic nitrogens is 5. The standard InChI is InChI=1S/C19H20N8O2/c1-3-7-27-17-13(10-21-27)16(24-19(20)25-17)22-14-9-12(5-4-11(14)2)18(28)23-15-6-8-29-26-15/h4-6,8-10H,3,7H2,1-2H3,(H,23,26,28)(H3,20,22,24,25).